The fourth-order valence-electron chi connectivity index (χ4n) is 2.43. The maximum Gasteiger partial charge on any atom is 0.195 e. The van der Waals surface area contributed by atoms with E-state index in [-0.39, 0.29) is 0 Å². The minimum absolute atomic E-state index is 0.462. The summed E-state index contributed by atoms with van der Waals surface area (Å²) in [5, 5.41) is 6.48. The standard InChI is InChI=1S/C21H29N3O3S/c1-3-22-21(23-13-16-28(25)20-11-5-4-6-12-20)24-18-9-7-10-19(17-18)27-15-8-14-26-2/h4-7,9-12,17H,3,8,13-16H2,1-2H3,(H2,22,23,24). The number of hydrogen-bond acceptors (Lipinski definition) is 4. The zero-order chi connectivity index (χ0) is 20.0. The molecular weight excluding hydrogens is 374 g/mol. The van der Waals surface area contributed by atoms with Gasteiger partial charge >= 0.3 is 0 Å². The molecule has 0 saturated heterocycles. The lowest BCUT2D eigenvalue weighted by atomic mass is 10.3. The molecule has 0 saturated carbocycles. The predicted molar refractivity (Wildman–Crippen MR) is 116 cm³/mol. The quantitative estimate of drug-likeness (QED) is 0.342. The molecule has 0 aliphatic heterocycles. The summed E-state index contributed by atoms with van der Waals surface area (Å²) in [4.78, 5) is 5.36. The molecule has 0 radical (unpaired) electrons. The number of guanidine groups is 1. The number of nitrogens with one attached hydrogen (secondary N) is 2. The summed E-state index contributed by atoms with van der Waals surface area (Å²) in [6.07, 6.45) is 0.844. The van der Waals surface area contributed by atoms with E-state index in [4.69, 9.17) is 9.47 Å². The van der Waals surface area contributed by atoms with Crippen LogP contribution in [0.3, 0.4) is 0 Å². The normalized spacial score (nSPS) is 12.4. The minimum atomic E-state index is -1.05. The van der Waals surface area contributed by atoms with Gasteiger partial charge in [-0.25, -0.2) is 0 Å². The van der Waals surface area contributed by atoms with Crippen LogP contribution in [-0.4, -0.2) is 49.3 Å². The van der Waals surface area contributed by atoms with E-state index in [1.165, 1.54) is 0 Å². The van der Waals surface area contributed by atoms with Crippen molar-refractivity contribution >= 4 is 22.4 Å². The van der Waals surface area contributed by atoms with E-state index in [0.717, 1.165) is 29.3 Å². The van der Waals surface area contributed by atoms with Crippen molar-refractivity contribution in [3.05, 3.63) is 54.6 Å². The van der Waals surface area contributed by atoms with Gasteiger partial charge in [-0.2, -0.15) is 0 Å². The van der Waals surface area contributed by atoms with Crippen LogP contribution in [0.5, 0.6) is 5.75 Å². The molecule has 0 aliphatic rings. The van der Waals surface area contributed by atoms with Gasteiger partial charge in [0.1, 0.15) is 5.75 Å². The molecule has 2 aromatic carbocycles. The molecule has 0 aromatic heterocycles. The number of rotatable bonds is 11. The maximum atomic E-state index is 12.3. The molecule has 1 unspecified atom stereocenters. The number of methoxy groups -OCH3 is 1. The molecule has 0 fully saturated rings. The molecule has 2 aromatic rings. The first-order valence-electron chi connectivity index (χ1n) is 9.43. The van der Waals surface area contributed by atoms with Crippen LogP contribution >= 0.6 is 0 Å². The first-order chi connectivity index (χ1) is 13.7. The molecule has 28 heavy (non-hydrogen) atoms. The molecule has 0 heterocycles. The molecule has 0 bridgehead atoms. The van der Waals surface area contributed by atoms with Crippen molar-refractivity contribution in [3.63, 3.8) is 0 Å². The minimum Gasteiger partial charge on any atom is -0.493 e. The van der Waals surface area contributed by atoms with E-state index in [1.54, 1.807) is 7.11 Å². The zero-order valence-corrected chi connectivity index (χ0v) is 17.3. The lowest BCUT2D eigenvalue weighted by molar-refractivity contribution is 0.172. The van der Waals surface area contributed by atoms with Crippen LogP contribution in [0.15, 0.2) is 64.5 Å². The second-order valence-corrected chi connectivity index (χ2v) is 7.54. The third-order valence-electron chi connectivity index (χ3n) is 3.76. The number of hydrogen-bond donors (Lipinski definition) is 2. The predicted octanol–water partition coefficient (Wildman–Crippen LogP) is 3.29. The van der Waals surface area contributed by atoms with Gasteiger partial charge in [0, 0.05) is 49.1 Å². The van der Waals surface area contributed by atoms with Gasteiger partial charge < -0.3 is 20.1 Å². The smallest absolute Gasteiger partial charge is 0.195 e. The first kappa shape index (κ1) is 21.9. The van der Waals surface area contributed by atoms with Crippen LogP contribution in [0.1, 0.15) is 13.3 Å². The van der Waals surface area contributed by atoms with Crippen LogP contribution in [0, 0.1) is 0 Å². The lowest BCUT2D eigenvalue weighted by Gasteiger charge is -2.13. The third-order valence-corrected chi connectivity index (χ3v) is 5.11. The Labute approximate surface area is 169 Å². The number of benzene rings is 2. The largest absolute Gasteiger partial charge is 0.493 e. The average Bonchev–Trinajstić information content (AvgIpc) is 2.72. The molecule has 0 aliphatic carbocycles. The van der Waals surface area contributed by atoms with Crippen molar-refractivity contribution in [2.75, 3.05) is 44.5 Å². The van der Waals surface area contributed by atoms with E-state index in [9.17, 15) is 4.21 Å². The number of anilines is 1. The van der Waals surface area contributed by atoms with Gasteiger partial charge in [0.05, 0.1) is 24.0 Å². The van der Waals surface area contributed by atoms with Crippen molar-refractivity contribution in [2.24, 2.45) is 4.99 Å². The van der Waals surface area contributed by atoms with Gasteiger partial charge in [-0.05, 0) is 31.2 Å². The average molecular weight is 404 g/mol. The highest BCUT2D eigenvalue weighted by Crippen LogP contribution is 2.17. The summed E-state index contributed by atoms with van der Waals surface area (Å²) < 4.78 is 23.1. The molecule has 7 heteroatoms. The lowest BCUT2D eigenvalue weighted by Crippen LogP contribution is -2.31. The zero-order valence-electron chi connectivity index (χ0n) is 16.5. The van der Waals surface area contributed by atoms with Gasteiger partial charge in [-0.1, -0.05) is 24.3 Å². The summed E-state index contributed by atoms with van der Waals surface area (Å²) in [5.41, 5.74) is 0.883. The molecular formula is C21H29N3O3S. The summed E-state index contributed by atoms with van der Waals surface area (Å²) in [7, 11) is 0.630. The Kier molecular flexibility index (Phi) is 10.1. The number of nitrogens with zero attached hydrogens (tertiary/aromatic N) is 1. The molecule has 1 atom stereocenters. The Morgan fingerprint density at radius 1 is 1.11 bits per heavy atom. The van der Waals surface area contributed by atoms with Crippen molar-refractivity contribution in [3.8, 4) is 5.75 Å². The maximum absolute atomic E-state index is 12.3. The van der Waals surface area contributed by atoms with Crippen LogP contribution < -0.4 is 15.4 Å². The van der Waals surface area contributed by atoms with Crippen molar-refractivity contribution in [1.82, 2.24) is 5.32 Å². The molecule has 2 N–H and O–H groups in total. The van der Waals surface area contributed by atoms with Crippen molar-refractivity contribution in [2.45, 2.75) is 18.2 Å². The van der Waals surface area contributed by atoms with Gasteiger partial charge in [-0.3, -0.25) is 9.20 Å². The molecule has 0 amide bonds. The van der Waals surface area contributed by atoms with Gasteiger partial charge in [0.2, 0.25) is 0 Å². The van der Waals surface area contributed by atoms with E-state index >= 15 is 0 Å². The fraction of sp³-hybridized carbons (Fsp3) is 0.381. The van der Waals surface area contributed by atoms with Crippen LogP contribution in [0.4, 0.5) is 5.69 Å². The molecule has 0 spiro atoms. The summed E-state index contributed by atoms with van der Waals surface area (Å²) in [6.45, 7) is 4.50. The second kappa shape index (κ2) is 12.9. The second-order valence-electron chi connectivity index (χ2n) is 5.97. The molecule has 152 valence electrons. The topological polar surface area (TPSA) is 72.0 Å². The van der Waals surface area contributed by atoms with Crippen molar-refractivity contribution < 1.29 is 13.7 Å². The van der Waals surface area contributed by atoms with E-state index in [1.807, 2.05) is 61.5 Å². The Balaban J connectivity index is 1.90. The van der Waals surface area contributed by atoms with Gasteiger partial charge in [-0.15, -0.1) is 0 Å². The SMILES string of the molecule is CCNC(=NCCS(=O)c1ccccc1)Nc1cccc(OCCCOC)c1. The van der Waals surface area contributed by atoms with Crippen LogP contribution in [0.25, 0.3) is 0 Å². The Bertz CT molecular complexity index is 754. The Morgan fingerprint density at radius 2 is 1.93 bits per heavy atom. The third kappa shape index (κ3) is 8.10. The molecule has 6 nitrogen and oxygen atoms in total. The van der Waals surface area contributed by atoms with E-state index in [0.29, 0.717) is 31.5 Å². The van der Waals surface area contributed by atoms with Crippen LogP contribution in [-0.2, 0) is 15.5 Å². The Hall–Kier alpha value is -2.38. The highest BCUT2D eigenvalue weighted by atomic mass is 32.2. The highest BCUT2D eigenvalue weighted by Gasteiger charge is 2.04. The fourth-order valence-corrected chi connectivity index (χ4v) is 3.38. The molecule has 2 rings (SSSR count). The van der Waals surface area contributed by atoms with E-state index < -0.39 is 10.8 Å². The van der Waals surface area contributed by atoms with E-state index in [2.05, 4.69) is 15.6 Å². The van der Waals surface area contributed by atoms with Crippen LogP contribution in [0.2, 0.25) is 0 Å². The van der Waals surface area contributed by atoms with Gasteiger partial charge in [0.15, 0.2) is 5.96 Å². The monoisotopic (exact) mass is 403 g/mol. The Morgan fingerprint density at radius 3 is 2.68 bits per heavy atom. The first-order valence-corrected chi connectivity index (χ1v) is 10.8. The highest BCUT2D eigenvalue weighted by molar-refractivity contribution is 7.85. The van der Waals surface area contributed by atoms with Gasteiger partial charge in [0.25, 0.3) is 0 Å². The number of ether oxygens (including phenoxy) is 2. The summed E-state index contributed by atoms with van der Waals surface area (Å²) in [6, 6.07) is 17.2. The number of aliphatic imine (C=N–C) groups is 1. The summed E-state index contributed by atoms with van der Waals surface area (Å²) in [5.74, 6) is 1.93. The summed E-state index contributed by atoms with van der Waals surface area (Å²) >= 11 is 0. The van der Waals surface area contributed by atoms with Crippen molar-refractivity contribution in [1.29, 1.82) is 0 Å².